The van der Waals surface area contributed by atoms with E-state index in [9.17, 15) is 22.4 Å². The Morgan fingerprint density at radius 3 is 2.44 bits per heavy atom. The first kappa shape index (κ1) is 23.4. The molecule has 1 aliphatic heterocycles. The van der Waals surface area contributed by atoms with Crippen molar-refractivity contribution in [3.8, 4) is 22.9 Å². The van der Waals surface area contributed by atoms with E-state index in [4.69, 9.17) is 0 Å². The van der Waals surface area contributed by atoms with Crippen molar-refractivity contribution in [3.05, 3.63) is 65.7 Å². The molecule has 0 aliphatic carbocycles. The van der Waals surface area contributed by atoms with Gasteiger partial charge in [-0.15, -0.1) is 0 Å². The number of hydrogen-bond acceptors (Lipinski definition) is 6. The third-order valence-electron chi connectivity index (χ3n) is 5.15. The summed E-state index contributed by atoms with van der Waals surface area (Å²) >= 11 is 0. The fraction of sp³-hybridized carbons (Fsp3) is 0.304. The molecule has 0 unspecified atom stereocenters. The van der Waals surface area contributed by atoms with Crippen LogP contribution in [0.2, 0.25) is 0 Å². The summed E-state index contributed by atoms with van der Waals surface area (Å²) in [5.41, 5.74) is 2.36. The summed E-state index contributed by atoms with van der Waals surface area (Å²) in [6.07, 6.45) is 4.63. The number of carbonyl (C=O) groups excluding carboxylic acids is 1. The zero-order chi connectivity index (χ0) is 24.1. The van der Waals surface area contributed by atoms with Crippen LogP contribution in [0.1, 0.15) is 29.8 Å². The molecule has 7 nitrogen and oxygen atoms in total. The number of pyridine rings is 3. The molecule has 0 radical (unpaired) electrons. The third-order valence-corrected chi connectivity index (χ3v) is 5.15. The van der Waals surface area contributed by atoms with E-state index in [0.29, 0.717) is 25.1 Å². The van der Waals surface area contributed by atoms with Crippen LogP contribution in [0.5, 0.6) is 11.6 Å². The van der Waals surface area contributed by atoms with E-state index < -0.39 is 13.2 Å². The van der Waals surface area contributed by atoms with Crippen molar-refractivity contribution >= 4 is 5.91 Å². The molecule has 4 rings (SSSR count). The molecule has 4 heterocycles. The van der Waals surface area contributed by atoms with Gasteiger partial charge in [-0.3, -0.25) is 9.78 Å². The van der Waals surface area contributed by atoms with Crippen LogP contribution in [0, 0.1) is 0 Å². The normalized spacial score (nSPS) is 13.7. The standard InChI is InChI=1S/C23H20F4N4O3/c24-22(25)33-18-6-5-16(30-21(18)15-7-8-28-19(11-15)34-23(26)27)10-14-3-4-17(29-12-14)13-31-9-1-2-20(31)32/h3-8,11-12,22-23H,1-2,9-10,13H2. The van der Waals surface area contributed by atoms with Gasteiger partial charge in [0.25, 0.3) is 0 Å². The Labute approximate surface area is 192 Å². The number of alkyl halides is 4. The molecule has 3 aromatic rings. The van der Waals surface area contributed by atoms with Gasteiger partial charge in [0.05, 0.1) is 12.2 Å². The molecule has 0 bridgehead atoms. The number of carbonyl (C=O) groups is 1. The molecule has 1 amide bonds. The van der Waals surface area contributed by atoms with Crippen LogP contribution in [0.25, 0.3) is 11.3 Å². The molecule has 34 heavy (non-hydrogen) atoms. The van der Waals surface area contributed by atoms with Crippen molar-refractivity contribution in [2.75, 3.05) is 6.54 Å². The Morgan fingerprint density at radius 2 is 1.76 bits per heavy atom. The largest absolute Gasteiger partial charge is 0.432 e. The van der Waals surface area contributed by atoms with Crippen LogP contribution in [0.15, 0.2) is 48.8 Å². The first-order valence-corrected chi connectivity index (χ1v) is 10.4. The van der Waals surface area contributed by atoms with Gasteiger partial charge in [0, 0.05) is 49.1 Å². The minimum absolute atomic E-state index is 0.0384. The summed E-state index contributed by atoms with van der Waals surface area (Å²) in [6, 6.07) is 9.17. The molecule has 178 valence electrons. The Bertz CT molecular complexity index is 1150. The first-order chi connectivity index (χ1) is 16.4. The lowest BCUT2D eigenvalue weighted by Gasteiger charge is -2.15. The summed E-state index contributed by atoms with van der Waals surface area (Å²) in [4.78, 5) is 26.1. The highest BCUT2D eigenvalue weighted by Gasteiger charge is 2.20. The van der Waals surface area contributed by atoms with Gasteiger partial charge in [-0.1, -0.05) is 6.07 Å². The minimum atomic E-state index is -3.09. The molecule has 0 saturated carbocycles. The Hall–Kier alpha value is -3.76. The molecule has 0 aromatic carbocycles. The lowest BCUT2D eigenvalue weighted by Crippen LogP contribution is -2.24. The van der Waals surface area contributed by atoms with E-state index >= 15 is 0 Å². The number of likely N-dealkylation sites (tertiary alicyclic amines) is 1. The fourth-order valence-electron chi connectivity index (χ4n) is 3.62. The Morgan fingerprint density at radius 1 is 0.971 bits per heavy atom. The molecule has 1 saturated heterocycles. The lowest BCUT2D eigenvalue weighted by molar-refractivity contribution is -0.128. The van der Waals surface area contributed by atoms with Crippen molar-refractivity contribution in [2.45, 2.75) is 39.0 Å². The maximum Gasteiger partial charge on any atom is 0.388 e. The average molecular weight is 476 g/mol. The zero-order valence-electron chi connectivity index (χ0n) is 17.8. The number of rotatable bonds is 9. The van der Waals surface area contributed by atoms with E-state index in [0.717, 1.165) is 24.2 Å². The van der Waals surface area contributed by atoms with Gasteiger partial charge in [-0.25, -0.2) is 9.97 Å². The molecule has 1 fully saturated rings. The second-order valence-corrected chi connectivity index (χ2v) is 7.54. The summed E-state index contributed by atoms with van der Waals surface area (Å²) in [5, 5.41) is 0. The monoisotopic (exact) mass is 476 g/mol. The number of nitrogens with zero attached hydrogens (tertiary/aromatic N) is 4. The van der Waals surface area contributed by atoms with Crippen LogP contribution in [-0.2, 0) is 17.8 Å². The second-order valence-electron chi connectivity index (χ2n) is 7.54. The molecular weight excluding hydrogens is 456 g/mol. The predicted octanol–water partition coefficient (Wildman–Crippen LogP) is 4.45. The number of halogens is 4. The molecule has 1 aliphatic rings. The molecule has 0 N–H and O–H groups in total. The number of ether oxygens (including phenoxy) is 2. The number of hydrogen-bond donors (Lipinski definition) is 0. The van der Waals surface area contributed by atoms with Gasteiger partial charge in [0.2, 0.25) is 11.8 Å². The molecule has 11 heteroatoms. The maximum absolute atomic E-state index is 12.9. The van der Waals surface area contributed by atoms with Crippen molar-refractivity contribution < 1.29 is 31.8 Å². The number of aromatic nitrogens is 3. The Balaban J connectivity index is 1.55. The third kappa shape index (κ3) is 5.97. The van der Waals surface area contributed by atoms with E-state index in [1.807, 2.05) is 12.1 Å². The SMILES string of the molecule is O=C1CCCN1Cc1ccc(Cc2ccc(OC(F)F)c(-c3ccnc(OC(F)F)c3)n2)cn1. The van der Waals surface area contributed by atoms with E-state index in [1.54, 1.807) is 11.1 Å². The molecular formula is C23H20F4N4O3. The van der Waals surface area contributed by atoms with Crippen molar-refractivity contribution in [1.82, 2.24) is 19.9 Å². The highest BCUT2D eigenvalue weighted by molar-refractivity contribution is 5.78. The quantitative estimate of drug-likeness (QED) is 0.425. The zero-order valence-corrected chi connectivity index (χ0v) is 17.8. The topological polar surface area (TPSA) is 77.4 Å². The van der Waals surface area contributed by atoms with Gasteiger partial charge >= 0.3 is 13.2 Å². The summed E-state index contributed by atoms with van der Waals surface area (Å²) in [5.74, 6) is -0.470. The van der Waals surface area contributed by atoms with Crippen molar-refractivity contribution in [1.29, 1.82) is 0 Å². The van der Waals surface area contributed by atoms with Crippen LogP contribution in [-0.4, -0.2) is 45.5 Å². The molecule has 0 atom stereocenters. The molecule has 3 aromatic heterocycles. The first-order valence-electron chi connectivity index (χ1n) is 10.4. The van der Waals surface area contributed by atoms with Crippen LogP contribution in [0.3, 0.4) is 0 Å². The van der Waals surface area contributed by atoms with Crippen molar-refractivity contribution in [3.63, 3.8) is 0 Å². The lowest BCUT2D eigenvalue weighted by atomic mass is 10.1. The summed E-state index contributed by atoms with van der Waals surface area (Å²) < 4.78 is 59.8. The fourth-order valence-corrected chi connectivity index (χ4v) is 3.62. The minimum Gasteiger partial charge on any atom is -0.432 e. The summed E-state index contributed by atoms with van der Waals surface area (Å²) in [7, 11) is 0. The van der Waals surface area contributed by atoms with Gasteiger partial charge in [0.1, 0.15) is 5.69 Å². The maximum atomic E-state index is 12.9. The van der Waals surface area contributed by atoms with E-state index in [1.165, 1.54) is 30.5 Å². The van der Waals surface area contributed by atoms with Gasteiger partial charge < -0.3 is 14.4 Å². The highest BCUT2D eigenvalue weighted by Crippen LogP contribution is 2.31. The van der Waals surface area contributed by atoms with Gasteiger partial charge in [0.15, 0.2) is 5.75 Å². The van der Waals surface area contributed by atoms with Crippen LogP contribution in [0.4, 0.5) is 17.6 Å². The Kier molecular flexibility index (Phi) is 7.19. The van der Waals surface area contributed by atoms with Crippen LogP contribution >= 0.6 is 0 Å². The average Bonchev–Trinajstić information content (AvgIpc) is 3.20. The summed E-state index contributed by atoms with van der Waals surface area (Å²) in [6.45, 7) is -5.00. The highest BCUT2D eigenvalue weighted by atomic mass is 19.3. The number of amides is 1. The van der Waals surface area contributed by atoms with Gasteiger partial charge in [-0.2, -0.15) is 17.6 Å². The smallest absolute Gasteiger partial charge is 0.388 e. The second kappa shape index (κ2) is 10.4. The molecule has 0 spiro atoms. The van der Waals surface area contributed by atoms with Gasteiger partial charge in [-0.05, 0) is 36.2 Å². The van der Waals surface area contributed by atoms with E-state index in [2.05, 4.69) is 24.4 Å². The van der Waals surface area contributed by atoms with E-state index in [-0.39, 0.29) is 28.8 Å². The predicted molar refractivity (Wildman–Crippen MR) is 112 cm³/mol. The van der Waals surface area contributed by atoms with Crippen molar-refractivity contribution in [2.24, 2.45) is 0 Å². The van der Waals surface area contributed by atoms with Crippen LogP contribution < -0.4 is 9.47 Å².